The number of amides is 1. The van der Waals surface area contributed by atoms with E-state index in [2.05, 4.69) is 10.3 Å². The standard InChI is InChI=1S/C12H9ClN2O2/c13-9-4-6-10(7-5-9)17-12(16)15-11-3-1-2-8-14-11/h1-8H,(H,14,15,16). The van der Waals surface area contributed by atoms with Crippen LogP contribution < -0.4 is 10.1 Å². The lowest BCUT2D eigenvalue weighted by atomic mass is 10.3. The van der Waals surface area contributed by atoms with Gasteiger partial charge in [0.1, 0.15) is 11.6 Å². The molecule has 0 saturated carbocycles. The molecule has 1 amide bonds. The summed E-state index contributed by atoms with van der Waals surface area (Å²) < 4.78 is 5.02. The fourth-order valence-electron chi connectivity index (χ4n) is 1.18. The quantitative estimate of drug-likeness (QED) is 0.887. The Labute approximate surface area is 103 Å². The Bertz CT molecular complexity index is 500. The number of nitrogens with one attached hydrogen (secondary N) is 1. The van der Waals surface area contributed by atoms with Gasteiger partial charge in [0.25, 0.3) is 0 Å². The van der Waals surface area contributed by atoms with Gasteiger partial charge in [-0.15, -0.1) is 0 Å². The maximum absolute atomic E-state index is 11.5. The van der Waals surface area contributed by atoms with E-state index in [1.165, 1.54) is 0 Å². The molecule has 0 bridgehead atoms. The van der Waals surface area contributed by atoms with Gasteiger partial charge in [0, 0.05) is 11.2 Å². The highest BCUT2D eigenvalue weighted by molar-refractivity contribution is 6.30. The molecular formula is C12H9ClN2O2. The average Bonchev–Trinajstić information content (AvgIpc) is 2.33. The molecule has 2 aromatic rings. The predicted octanol–water partition coefficient (Wildman–Crippen LogP) is 3.35. The Kier molecular flexibility index (Phi) is 3.57. The first kappa shape index (κ1) is 11.4. The molecular weight excluding hydrogens is 240 g/mol. The van der Waals surface area contributed by atoms with Crippen LogP contribution in [0.4, 0.5) is 10.6 Å². The Balaban J connectivity index is 1.96. The third-order valence-electron chi connectivity index (χ3n) is 1.92. The summed E-state index contributed by atoms with van der Waals surface area (Å²) in [5, 5.41) is 3.09. The second-order valence-corrected chi connectivity index (χ2v) is 3.62. The molecule has 1 N–H and O–H groups in total. The summed E-state index contributed by atoms with van der Waals surface area (Å²) >= 11 is 5.71. The highest BCUT2D eigenvalue weighted by Crippen LogP contribution is 2.16. The molecule has 0 aliphatic carbocycles. The first-order valence-electron chi connectivity index (χ1n) is 4.89. The predicted molar refractivity (Wildman–Crippen MR) is 65.3 cm³/mol. The van der Waals surface area contributed by atoms with Gasteiger partial charge >= 0.3 is 6.09 Å². The van der Waals surface area contributed by atoms with Gasteiger partial charge in [0.2, 0.25) is 0 Å². The van der Waals surface area contributed by atoms with E-state index in [9.17, 15) is 4.79 Å². The zero-order valence-corrected chi connectivity index (χ0v) is 9.52. The van der Waals surface area contributed by atoms with E-state index in [1.54, 1.807) is 48.7 Å². The first-order valence-corrected chi connectivity index (χ1v) is 5.27. The number of pyridine rings is 1. The van der Waals surface area contributed by atoms with Crippen molar-refractivity contribution in [2.45, 2.75) is 0 Å². The van der Waals surface area contributed by atoms with Gasteiger partial charge in [0.05, 0.1) is 0 Å². The zero-order chi connectivity index (χ0) is 12.1. The maximum Gasteiger partial charge on any atom is 0.418 e. The van der Waals surface area contributed by atoms with Gasteiger partial charge in [-0.2, -0.15) is 0 Å². The van der Waals surface area contributed by atoms with Crippen molar-refractivity contribution in [2.24, 2.45) is 0 Å². The maximum atomic E-state index is 11.5. The van der Waals surface area contributed by atoms with Crippen LogP contribution in [-0.4, -0.2) is 11.1 Å². The number of benzene rings is 1. The number of halogens is 1. The van der Waals surface area contributed by atoms with Crippen LogP contribution in [0.25, 0.3) is 0 Å². The van der Waals surface area contributed by atoms with Crippen molar-refractivity contribution >= 4 is 23.5 Å². The Morgan fingerprint density at radius 3 is 2.59 bits per heavy atom. The summed E-state index contributed by atoms with van der Waals surface area (Å²) in [5.41, 5.74) is 0. The van der Waals surface area contributed by atoms with Gasteiger partial charge in [-0.25, -0.2) is 9.78 Å². The van der Waals surface area contributed by atoms with E-state index in [0.29, 0.717) is 16.6 Å². The highest BCUT2D eigenvalue weighted by atomic mass is 35.5. The number of carbonyl (C=O) groups is 1. The number of nitrogens with zero attached hydrogens (tertiary/aromatic N) is 1. The molecule has 0 fully saturated rings. The first-order chi connectivity index (χ1) is 8.24. The van der Waals surface area contributed by atoms with Crippen molar-refractivity contribution < 1.29 is 9.53 Å². The van der Waals surface area contributed by atoms with Gasteiger partial charge in [-0.3, -0.25) is 5.32 Å². The molecule has 1 aromatic carbocycles. The second kappa shape index (κ2) is 5.32. The molecule has 0 saturated heterocycles. The number of anilines is 1. The van der Waals surface area contributed by atoms with Crippen molar-refractivity contribution in [3.8, 4) is 5.75 Å². The minimum atomic E-state index is -0.592. The van der Waals surface area contributed by atoms with Crippen LogP contribution in [0.5, 0.6) is 5.75 Å². The number of carbonyl (C=O) groups excluding carboxylic acids is 1. The number of aromatic nitrogens is 1. The van der Waals surface area contributed by atoms with E-state index in [0.717, 1.165) is 0 Å². The molecule has 0 aliphatic rings. The van der Waals surface area contributed by atoms with E-state index in [4.69, 9.17) is 16.3 Å². The second-order valence-electron chi connectivity index (χ2n) is 3.18. The number of hydrogen-bond donors (Lipinski definition) is 1. The fourth-order valence-corrected chi connectivity index (χ4v) is 1.30. The van der Waals surface area contributed by atoms with Crippen LogP contribution in [0.3, 0.4) is 0 Å². The summed E-state index contributed by atoms with van der Waals surface area (Å²) in [6.07, 6.45) is 0.990. The lowest BCUT2D eigenvalue weighted by molar-refractivity contribution is 0.215. The summed E-state index contributed by atoms with van der Waals surface area (Å²) in [5.74, 6) is 0.856. The van der Waals surface area contributed by atoms with Crippen LogP contribution >= 0.6 is 11.6 Å². The molecule has 2 rings (SSSR count). The third-order valence-corrected chi connectivity index (χ3v) is 2.17. The molecule has 0 atom stereocenters. The summed E-state index contributed by atoms with van der Waals surface area (Å²) in [7, 11) is 0. The normalized spacial score (nSPS) is 9.71. The van der Waals surface area contributed by atoms with Gasteiger partial charge in [0.15, 0.2) is 0 Å². The monoisotopic (exact) mass is 248 g/mol. The number of hydrogen-bond acceptors (Lipinski definition) is 3. The largest absolute Gasteiger partial charge is 0.418 e. The molecule has 0 radical (unpaired) electrons. The molecule has 1 aromatic heterocycles. The summed E-state index contributed by atoms with van der Waals surface area (Å²) in [4.78, 5) is 15.4. The lowest BCUT2D eigenvalue weighted by Crippen LogP contribution is -2.17. The fraction of sp³-hybridized carbons (Fsp3) is 0. The molecule has 0 unspecified atom stereocenters. The van der Waals surface area contributed by atoms with Crippen LogP contribution in [0, 0.1) is 0 Å². The van der Waals surface area contributed by atoms with Crippen molar-refractivity contribution in [3.05, 3.63) is 53.7 Å². The topological polar surface area (TPSA) is 51.2 Å². The van der Waals surface area contributed by atoms with Crippen LogP contribution in [0.2, 0.25) is 5.02 Å². The molecule has 17 heavy (non-hydrogen) atoms. The zero-order valence-electron chi connectivity index (χ0n) is 8.76. The van der Waals surface area contributed by atoms with Gasteiger partial charge < -0.3 is 4.74 Å². The Morgan fingerprint density at radius 1 is 1.18 bits per heavy atom. The lowest BCUT2D eigenvalue weighted by Gasteiger charge is -2.05. The number of ether oxygens (including phenoxy) is 1. The molecule has 1 heterocycles. The molecule has 0 aliphatic heterocycles. The van der Waals surface area contributed by atoms with Crippen LogP contribution in [-0.2, 0) is 0 Å². The summed E-state index contributed by atoms with van der Waals surface area (Å²) in [6, 6.07) is 11.7. The van der Waals surface area contributed by atoms with Crippen molar-refractivity contribution in [1.29, 1.82) is 0 Å². The minimum absolute atomic E-state index is 0.419. The van der Waals surface area contributed by atoms with Crippen molar-refractivity contribution in [3.63, 3.8) is 0 Å². The smallest absolute Gasteiger partial charge is 0.410 e. The molecule has 4 nitrogen and oxygen atoms in total. The van der Waals surface area contributed by atoms with Crippen molar-refractivity contribution in [1.82, 2.24) is 4.98 Å². The third kappa shape index (κ3) is 3.46. The summed E-state index contributed by atoms with van der Waals surface area (Å²) in [6.45, 7) is 0. The SMILES string of the molecule is O=C(Nc1ccccn1)Oc1ccc(Cl)cc1. The average molecular weight is 249 g/mol. The van der Waals surface area contributed by atoms with E-state index >= 15 is 0 Å². The van der Waals surface area contributed by atoms with E-state index < -0.39 is 6.09 Å². The Hall–Kier alpha value is -2.07. The van der Waals surface area contributed by atoms with Crippen LogP contribution in [0.15, 0.2) is 48.7 Å². The van der Waals surface area contributed by atoms with E-state index in [1.807, 2.05) is 0 Å². The van der Waals surface area contributed by atoms with Crippen molar-refractivity contribution in [2.75, 3.05) is 5.32 Å². The molecule has 86 valence electrons. The van der Waals surface area contributed by atoms with E-state index in [-0.39, 0.29) is 0 Å². The van der Waals surface area contributed by atoms with Gasteiger partial charge in [-0.05, 0) is 36.4 Å². The minimum Gasteiger partial charge on any atom is -0.410 e. The van der Waals surface area contributed by atoms with Crippen LogP contribution in [0.1, 0.15) is 0 Å². The molecule has 0 spiro atoms. The highest BCUT2D eigenvalue weighted by Gasteiger charge is 2.04. The Morgan fingerprint density at radius 2 is 1.94 bits per heavy atom. The number of rotatable bonds is 2. The van der Waals surface area contributed by atoms with Gasteiger partial charge in [-0.1, -0.05) is 17.7 Å². The molecule has 5 heteroatoms.